The zero-order valence-corrected chi connectivity index (χ0v) is 6.69. The van der Waals surface area contributed by atoms with Crippen molar-refractivity contribution in [1.82, 2.24) is 4.31 Å². The molecule has 0 bridgehead atoms. The van der Waals surface area contributed by atoms with E-state index in [0.29, 0.717) is 13.1 Å². The molecule has 0 spiro atoms. The SMILES string of the molecule is CS(=O)(=O)N1C[C]=CCC1. The maximum atomic E-state index is 10.9. The molecule has 0 atom stereocenters. The van der Waals surface area contributed by atoms with E-state index in [4.69, 9.17) is 0 Å². The Kier molecular flexibility index (Phi) is 2.11. The minimum atomic E-state index is -2.98. The van der Waals surface area contributed by atoms with Gasteiger partial charge < -0.3 is 0 Å². The van der Waals surface area contributed by atoms with E-state index in [2.05, 4.69) is 6.08 Å². The van der Waals surface area contributed by atoms with Gasteiger partial charge in [0.1, 0.15) is 0 Å². The molecule has 1 aliphatic rings. The smallest absolute Gasteiger partial charge is 0.211 e. The third-order valence-corrected chi connectivity index (χ3v) is 2.65. The summed E-state index contributed by atoms with van der Waals surface area (Å²) in [6.07, 6.45) is 6.75. The van der Waals surface area contributed by atoms with Gasteiger partial charge in [-0.3, -0.25) is 0 Å². The van der Waals surface area contributed by atoms with Crippen LogP contribution < -0.4 is 0 Å². The van der Waals surface area contributed by atoms with E-state index in [9.17, 15) is 8.42 Å². The molecule has 3 nitrogen and oxygen atoms in total. The van der Waals surface area contributed by atoms with Crippen LogP contribution in [0.2, 0.25) is 0 Å². The normalized spacial score (nSPS) is 21.3. The van der Waals surface area contributed by atoms with Gasteiger partial charge in [-0.2, -0.15) is 4.31 Å². The second kappa shape index (κ2) is 2.72. The molecule has 0 fully saturated rings. The summed E-state index contributed by atoms with van der Waals surface area (Å²) in [5.41, 5.74) is 0. The number of hydrogen-bond donors (Lipinski definition) is 0. The predicted molar refractivity (Wildman–Crippen MR) is 38.8 cm³/mol. The van der Waals surface area contributed by atoms with Crippen LogP contribution >= 0.6 is 0 Å². The van der Waals surface area contributed by atoms with Gasteiger partial charge in [-0.1, -0.05) is 6.08 Å². The molecule has 0 aromatic heterocycles. The lowest BCUT2D eigenvalue weighted by Crippen LogP contribution is -2.32. The zero-order valence-electron chi connectivity index (χ0n) is 5.87. The predicted octanol–water partition coefficient (Wildman–Crippen LogP) is 0.0111. The van der Waals surface area contributed by atoms with Crippen LogP contribution in [0.25, 0.3) is 0 Å². The fourth-order valence-electron chi connectivity index (χ4n) is 0.839. The Morgan fingerprint density at radius 2 is 2.30 bits per heavy atom. The molecule has 57 valence electrons. The Morgan fingerprint density at radius 1 is 1.60 bits per heavy atom. The van der Waals surface area contributed by atoms with Crippen molar-refractivity contribution in [2.24, 2.45) is 0 Å². The topological polar surface area (TPSA) is 37.4 Å². The Bertz CT molecular complexity index is 230. The van der Waals surface area contributed by atoms with Gasteiger partial charge in [0.25, 0.3) is 0 Å². The van der Waals surface area contributed by atoms with Crippen molar-refractivity contribution in [3.63, 3.8) is 0 Å². The van der Waals surface area contributed by atoms with E-state index in [1.54, 1.807) is 0 Å². The van der Waals surface area contributed by atoms with E-state index in [0.717, 1.165) is 6.42 Å². The highest BCUT2D eigenvalue weighted by Crippen LogP contribution is 2.04. The minimum absolute atomic E-state index is 0.416. The second-order valence-corrected chi connectivity index (χ2v) is 4.28. The Morgan fingerprint density at radius 3 is 2.60 bits per heavy atom. The van der Waals surface area contributed by atoms with E-state index < -0.39 is 10.0 Å². The summed E-state index contributed by atoms with van der Waals surface area (Å²) in [5.74, 6) is 0. The van der Waals surface area contributed by atoms with Gasteiger partial charge in [0.15, 0.2) is 0 Å². The molecular weight excluding hydrogens is 150 g/mol. The molecule has 10 heavy (non-hydrogen) atoms. The zero-order chi connectivity index (χ0) is 7.61. The maximum absolute atomic E-state index is 10.9. The maximum Gasteiger partial charge on any atom is 0.211 e. The summed E-state index contributed by atoms with van der Waals surface area (Å²) in [7, 11) is -2.98. The summed E-state index contributed by atoms with van der Waals surface area (Å²) in [6.45, 7) is 1.02. The molecule has 0 saturated carbocycles. The molecular formula is C6H10NO2S. The van der Waals surface area contributed by atoms with Crippen molar-refractivity contribution in [3.8, 4) is 0 Å². The molecule has 0 saturated heterocycles. The summed E-state index contributed by atoms with van der Waals surface area (Å²) < 4.78 is 23.1. The second-order valence-electron chi connectivity index (χ2n) is 2.29. The van der Waals surface area contributed by atoms with Crippen LogP contribution in [0.5, 0.6) is 0 Å². The van der Waals surface area contributed by atoms with Crippen LogP contribution in [-0.4, -0.2) is 32.1 Å². The number of nitrogens with zero attached hydrogens (tertiary/aromatic N) is 1. The van der Waals surface area contributed by atoms with E-state index in [-0.39, 0.29) is 0 Å². The highest BCUT2D eigenvalue weighted by molar-refractivity contribution is 7.88. The summed E-state index contributed by atoms with van der Waals surface area (Å²) in [5, 5.41) is 0. The van der Waals surface area contributed by atoms with E-state index >= 15 is 0 Å². The fraction of sp³-hybridized carbons (Fsp3) is 0.667. The molecule has 0 aromatic carbocycles. The van der Waals surface area contributed by atoms with Crippen LogP contribution in [0.3, 0.4) is 0 Å². The lowest BCUT2D eigenvalue weighted by atomic mass is 10.3. The van der Waals surface area contributed by atoms with E-state index in [1.165, 1.54) is 10.6 Å². The van der Waals surface area contributed by atoms with Crippen LogP contribution in [0.1, 0.15) is 6.42 Å². The highest BCUT2D eigenvalue weighted by Gasteiger charge is 2.15. The van der Waals surface area contributed by atoms with Crippen molar-refractivity contribution in [2.45, 2.75) is 6.42 Å². The number of hydrogen-bond acceptors (Lipinski definition) is 2. The van der Waals surface area contributed by atoms with Crippen LogP contribution in [0.15, 0.2) is 6.08 Å². The first-order valence-corrected chi connectivity index (χ1v) is 4.96. The summed E-state index contributed by atoms with van der Waals surface area (Å²) in [6, 6.07) is 0. The van der Waals surface area contributed by atoms with Gasteiger partial charge in [-0.25, -0.2) is 8.42 Å². The van der Waals surface area contributed by atoms with Gasteiger partial charge >= 0.3 is 0 Å². The average molecular weight is 160 g/mol. The Hall–Kier alpha value is -0.350. The summed E-state index contributed by atoms with van der Waals surface area (Å²) >= 11 is 0. The van der Waals surface area contributed by atoms with Crippen LogP contribution in [0, 0.1) is 6.08 Å². The quantitative estimate of drug-likeness (QED) is 0.542. The van der Waals surface area contributed by atoms with Gasteiger partial charge in [0.05, 0.1) is 6.26 Å². The molecule has 0 aliphatic carbocycles. The minimum Gasteiger partial charge on any atom is -0.212 e. The molecule has 0 unspecified atom stereocenters. The number of sulfonamides is 1. The largest absolute Gasteiger partial charge is 0.212 e. The summed E-state index contributed by atoms with van der Waals surface area (Å²) in [4.78, 5) is 0. The molecule has 0 amide bonds. The van der Waals surface area contributed by atoms with Crippen molar-refractivity contribution in [2.75, 3.05) is 19.3 Å². The van der Waals surface area contributed by atoms with Crippen LogP contribution in [-0.2, 0) is 10.0 Å². The molecule has 1 rings (SSSR count). The standard InChI is InChI=1S/C6H10NO2S/c1-10(8,9)7-5-3-2-4-6-7/h2H,3,5-6H2,1H3. The van der Waals surface area contributed by atoms with Gasteiger partial charge in [-0.05, 0) is 12.5 Å². The Labute approximate surface area is 61.4 Å². The van der Waals surface area contributed by atoms with Crippen molar-refractivity contribution in [3.05, 3.63) is 12.2 Å². The first-order valence-electron chi connectivity index (χ1n) is 3.11. The molecule has 0 aromatic rings. The molecule has 0 N–H and O–H groups in total. The highest BCUT2D eigenvalue weighted by atomic mass is 32.2. The lowest BCUT2D eigenvalue weighted by molar-refractivity contribution is 0.437. The third kappa shape index (κ3) is 1.82. The first kappa shape index (κ1) is 7.75. The molecule has 4 heteroatoms. The van der Waals surface area contributed by atoms with Gasteiger partial charge in [-0.15, -0.1) is 0 Å². The van der Waals surface area contributed by atoms with Crippen molar-refractivity contribution < 1.29 is 8.42 Å². The van der Waals surface area contributed by atoms with Crippen molar-refractivity contribution >= 4 is 10.0 Å². The number of rotatable bonds is 1. The lowest BCUT2D eigenvalue weighted by Gasteiger charge is -2.19. The average Bonchev–Trinajstić information content (AvgIpc) is 1.88. The third-order valence-electron chi connectivity index (χ3n) is 1.40. The molecule has 1 radical (unpaired) electrons. The molecule has 1 aliphatic heterocycles. The Balaban J connectivity index is 2.67. The first-order chi connectivity index (χ1) is 4.61. The van der Waals surface area contributed by atoms with Gasteiger partial charge in [0.2, 0.25) is 10.0 Å². The van der Waals surface area contributed by atoms with Crippen molar-refractivity contribution in [1.29, 1.82) is 0 Å². The van der Waals surface area contributed by atoms with Gasteiger partial charge in [0, 0.05) is 13.1 Å². The van der Waals surface area contributed by atoms with E-state index in [1.807, 2.05) is 6.08 Å². The van der Waals surface area contributed by atoms with Crippen LogP contribution in [0.4, 0.5) is 0 Å². The fourth-order valence-corrected chi connectivity index (χ4v) is 1.59. The monoisotopic (exact) mass is 160 g/mol. The molecule has 1 heterocycles.